The van der Waals surface area contributed by atoms with Gasteiger partial charge < -0.3 is 10.2 Å². The van der Waals surface area contributed by atoms with E-state index in [1.54, 1.807) is 6.07 Å². The number of fused-ring (bicyclic) bond motifs is 1. The van der Waals surface area contributed by atoms with Crippen LogP contribution in [0.4, 0.5) is 0 Å². The van der Waals surface area contributed by atoms with Crippen LogP contribution in [-0.2, 0) is 13.1 Å². The lowest BCUT2D eigenvalue weighted by atomic mass is 9.95. The zero-order chi connectivity index (χ0) is 24.9. The van der Waals surface area contributed by atoms with E-state index >= 15 is 0 Å². The Balaban J connectivity index is 1.14. The van der Waals surface area contributed by atoms with Crippen LogP contribution >= 0.6 is 15.9 Å². The minimum Gasteiger partial charge on any atom is -0.352 e. The summed E-state index contributed by atoms with van der Waals surface area (Å²) in [6, 6.07) is 24.7. The average molecular weight is 547 g/mol. The van der Waals surface area contributed by atoms with Crippen molar-refractivity contribution in [1.82, 2.24) is 15.1 Å². The molecule has 0 bridgehead atoms. The highest BCUT2D eigenvalue weighted by Gasteiger charge is 2.28. The molecule has 36 heavy (non-hydrogen) atoms. The summed E-state index contributed by atoms with van der Waals surface area (Å²) in [6.45, 7) is 3.82. The van der Waals surface area contributed by atoms with Gasteiger partial charge in [0, 0.05) is 47.8 Å². The maximum Gasteiger partial charge on any atom is 0.254 e. The van der Waals surface area contributed by atoms with Crippen LogP contribution in [0.25, 0.3) is 0 Å². The van der Waals surface area contributed by atoms with Gasteiger partial charge >= 0.3 is 0 Å². The standard InChI is InChI=1S/C30H32BrN3O2/c31-26-11-6-8-22(18-26)20-34-21-25-14-13-24(19-27(25)30(34)36)29(35)32-15-7-17-33-16-5-4-12-28(33)23-9-2-1-3-10-23/h1-3,6,8-11,13-14,18-19,28H,4-5,7,12,15-17,20-21H2,(H,32,35). The minimum atomic E-state index is -0.116. The Hall–Kier alpha value is -2.96. The van der Waals surface area contributed by atoms with E-state index in [1.807, 2.05) is 41.3 Å². The molecule has 0 aromatic heterocycles. The van der Waals surface area contributed by atoms with Crippen molar-refractivity contribution in [2.45, 2.75) is 44.8 Å². The van der Waals surface area contributed by atoms with E-state index in [1.165, 1.54) is 24.8 Å². The van der Waals surface area contributed by atoms with Crippen LogP contribution in [0.1, 0.15) is 69.1 Å². The molecular weight excluding hydrogens is 514 g/mol. The van der Waals surface area contributed by atoms with Crippen molar-refractivity contribution < 1.29 is 9.59 Å². The van der Waals surface area contributed by atoms with E-state index in [2.05, 4.69) is 56.5 Å². The lowest BCUT2D eigenvalue weighted by Crippen LogP contribution is -2.36. The fourth-order valence-corrected chi connectivity index (χ4v) is 5.83. The molecule has 6 heteroatoms. The van der Waals surface area contributed by atoms with Crippen LogP contribution in [-0.4, -0.2) is 41.2 Å². The number of hydrogen-bond acceptors (Lipinski definition) is 3. The van der Waals surface area contributed by atoms with Crippen LogP contribution in [0.3, 0.4) is 0 Å². The number of nitrogens with one attached hydrogen (secondary N) is 1. The number of carbonyl (C=O) groups excluding carboxylic acids is 2. The fraction of sp³-hybridized carbons (Fsp3) is 0.333. The number of hydrogen-bond donors (Lipinski definition) is 1. The highest BCUT2D eigenvalue weighted by atomic mass is 79.9. The maximum atomic E-state index is 13.0. The van der Waals surface area contributed by atoms with E-state index < -0.39 is 0 Å². The molecule has 1 fully saturated rings. The normalized spacial score (nSPS) is 17.8. The number of nitrogens with zero attached hydrogens (tertiary/aromatic N) is 2. The number of piperidine rings is 1. The van der Waals surface area contributed by atoms with Crippen molar-refractivity contribution in [1.29, 1.82) is 0 Å². The number of amides is 2. The summed E-state index contributed by atoms with van der Waals surface area (Å²) in [7, 11) is 0. The van der Waals surface area contributed by atoms with Crippen LogP contribution in [0.2, 0.25) is 0 Å². The van der Waals surface area contributed by atoms with E-state index in [-0.39, 0.29) is 11.8 Å². The second kappa shape index (κ2) is 11.4. The largest absolute Gasteiger partial charge is 0.352 e. The fourth-order valence-electron chi connectivity index (χ4n) is 5.38. The van der Waals surface area contributed by atoms with Crippen molar-refractivity contribution in [2.75, 3.05) is 19.6 Å². The van der Waals surface area contributed by atoms with Crippen molar-refractivity contribution in [3.05, 3.63) is 105 Å². The lowest BCUT2D eigenvalue weighted by Gasteiger charge is -2.36. The zero-order valence-electron chi connectivity index (χ0n) is 20.5. The molecule has 5 rings (SSSR count). The van der Waals surface area contributed by atoms with E-state index in [9.17, 15) is 9.59 Å². The van der Waals surface area contributed by atoms with Crippen molar-refractivity contribution in [3.8, 4) is 0 Å². The third-order valence-corrected chi connectivity index (χ3v) is 7.71. The first-order chi connectivity index (χ1) is 17.6. The molecule has 1 N–H and O–H groups in total. The number of rotatable bonds is 8. The lowest BCUT2D eigenvalue weighted by molar-refractivity contribution is 0.0766. The van der Waals surface area contributed by atoms with Crippen LogP contribution in [0.15, 0.2) is 77.3 Å². The van der Waals surface area contributed by atoms with Gasteiger partial charge in [-0.25, -0.2) is 0 Å². The maximum absolute atomic E-state index is 13.0. The number of halogens is 1. The predicted octanol–water partition coefficient (Wildman–Crippen LogP) is 5.95. The first-order valence-corrected chi connectivity index (χ1v) is 13.6. The Kier molecular flexibility index (Phi) is 7.83. The highest BCUT2D eigenvalue weighted by molar-refractivity contribution is 9.10. The molecule has 2 heterocycles. The summed E-state index contributed by atoms with van der Waals surface area (Å²) >= 11 is 3.49. The molecule has 3 aromatic rings. The van der Waals surface area contributed by atoms with Gasteiger partial charge in [-0.1, -0.05) is 70.9 Å². The molecule has 0 spiro atoms. The summed E-state index contributed by atoms with van der Waals surface area (Å²) in [5.74, 6) is -0.133. The molecule has 1 saturated heterocycles. The molecule has 2 aliphatic rings. The van der Waals surface area contributed by atoms with Gasteiger partial charge in [-0.05, 0) is 66.8 Å². The molecule has 1 unspecified atom stereocenters. The Bertz CT molecular complexity index is 1230. The predicted molar refractivity (Wildman–Crippen MR) is 146 cm³/mol. The second-order valence-electron chi connectivity index (χ2n) is 9.73. The third-order valence-electron chi connectivity index (χ3n) is 7.22. The summed E-state index contributed by atoms with van der Waals surface area (Å²) < 4.78 is 0.999. The van der Waals surface area contributed by atoms with Crippen molar-refractivity contribution in [2.24, 2.45) is 0 Å². The first-order valence-electron chi connectivity index (χ1n) is 12.8. The monoisotopic (exact) mass is 545 g/mol. The van der Waals surface area contributed by atoms with Gasteiger partial charge in [-0.3, -0.25) is 14.5 Å². The van der Waals surface area contributed by atoms with Gasteiger partial charge in [-0.2, -0.15) is 0 Å². The molecular formula is C30H32BrN3O2. The second-order valence-corrected chi connectivity index (χ2v) is 10.6. The summed E-state index contributed by atoms with van der Waals surface area (Å²) in [4.78, 5) is 30.2. The number of likely N-dealkylation sites (tertiary alicyclic amines) is 1. The summed E-state index contributed by atoms with van der Waals surface area (Å²) in [5, 5.41) is 3.06. The minimum absolute atomic E-state index is 0.0170. The van der Waals surface area contributed by atoms with Gasteiger partial charge in [0.25, 0.3) is 11.8 Å². The molecule has 1 atom stereocenters. The van der Waals surface area contributed by atoms with Crippen LogP contribution < -0.4 is 5.32 Å². The third kappa shape index (κ3) is 5.71. The highest BCUT2D eigenvalue weighted by Crippen LogP contribution is 2.31. The molecule has 3 aromatic carbocycles. The van der Waals surface area contributed by atoms with Crippen molar-refractivity contribution in [3.63, 3.8) is 0 Å². The quantitative estimate of drug-likeness (QED) is 0.355. The van der Waals surface area contributed by atoms with Crippen LogP contribution in [0.5, 0.6) is 0 Å². The van der Waals surface area contributed by atoms with Gasteiger partial charge in [0.1, 0.15) is 0 Å². The molecule has 5 nitrogen and oxygen atoms in total. The van der Waals surface area contributed by atoms with E-state index in [0.29, 0.717) is 36.8 Å². The molecule has 0 saturated carbocycles. The Morgan fingerprint density at radius 3 is 2.69 bits per heavy atom. The molecule has 186 valence electrons. The number of carbonyl (C=O) groups is 2. The Labute approximate surface area is 221 Å². The number of benzene rings is 3. The molecule has 2 aliphatic heterocycles. The van der Waals surface area contributed by atoms with Crippen molar-refractivity contribution >= 4 is 27.7 Å². The Morgan fingerprint density at radius 2 is 1.86 bits per heavy atom. The summed E-state index contributed by atoms with van der Waals surface area (Å²) in [5.41, 5.74) is 4.62. The molecule has 2 amide bonds. The van der Waals surface area contributed by atoms with E-state index in [4.69, 9.17) is 0 Å². The van der Waals surface area contributed by atoms with Gasteiger partial charge in [-0.15, -0.1) is 0 Å². The molecule has 0 aliphatic carbocycles. The average Bonchev–Trinajstić information content (AvgIpc) is 3.21. The van der Waals surface area contributed by atoms with Gasteiger partial charge in [0.05, 0.1) is 0 Å². The van der Waals surface area contributed by atoms with Gasteiger partial charge in [0.15, 0.2) is 0 Å². The zero-order valence-corrected chi connectivity index (χ0v) is 22.0. The van der Waals surface area contributed by atoms with Crippen LogP contribution in [0, 0.1) is 0 Å². The molecule has 0 radical (unpaired) electrons. The Morgan fingerprint density at radius 1 is 1.00 bits per heavy atom. The topological polar surface area (TPSA) is 52.7 Å². The first kappa shape index (κ1) is 24.7. The van der Waals surface area contributed by atoms with Gasteiger partial charge in [0.2, 0.25) is 0 Å². The summed E-state index contributed by atoms with van der Waals surface area (Å²) in [6.07, 6.45) is 4.60. The SMILES string of the molecule is O=C(NCCCN1CCCCC1c1ccccc1)c1ccc2c(c1)C(=O)N(Cc1cccc(Br)c1)C2. The van der Waals surface area contributed by atoms with E-state index in [0.717, 1.165) is 35.1 Å². The smallest absolute Gasteiger partial charge is 0.254 e.